The number of anilines is 2. The molecule has 2 aromatic rings. The predicted molar refractivity (Wildman–Crippen MR) is 108 cm³/mol. The highest BCUT2D eigenvalue weighted by Gasteiger charge is 2.33. The molecule has 1 heterocycles. The van der Waals surface area contributed by atoms with Crippen LogP contribution in [0.5, 0.6) is 11.5 Å². The van der Waals surface area contributed by atoms with E-state index < -0.39 is 23.9 Å². The second-order valence-corrected chi connectivity index (χ2v) is 7.39. The average Bonchev–Trinajstić information content (AvgIpc) is 2.65. The molecular weight excluding hydrogens is 376 g/mol. The smallest absolute Gasteiger partial charge is 0.412 e. The first-order valence-corrected chi connectivity index (χ1v) is 9.05. The van der Waals surface area contributed by atoms with Crippen LogP contribution in [0.15, 0.2) is 36.4 Å². The van der Waals surface area contributed by atoms with Crippen LogP contribution in [0.1, 0.15) is 38.0 Å². The zero-order valence-electron chi connectivity index (χ0n) is 17.0. The molecule has 0 spiro atoms. The van der Waals surface area contributed by atoms with E-state index in [4.69, 9.17) is 18.9 Å². The number of nitrogens with one attached hydrogen (secondary N) is 2. The molecule has 1 aliphatic rings. The minimum Gasteiger partial charge on any atom is -0.495 e. The van der Waals surface area contributed by atoms with Crippen LogP contribution in [0.4, 0.5) is 21.0 Å². The molecule has 1 aliphatic heterocycles. The van der Waals surface area contributed by atoms with Gasteiger partial charge in [-0.25, -0.2) is 9.59 Å². The number of cyclic esters (lactones) is 1. The van der Waals surface area contributed by atoms with Crippen LogP contribution in [-0.2, 0) is 9.47 Å². The van der Waals surface area contributed by atoms with Gasteiger partial charge in [0.15, 0.2) is 6.10 Å². The highest BCUT2D eigenvalue weighted by molar-refractivity contribution is 5.93. The Morgan fingerprint density at radius 2 is 1.66 bits per heavy atom. The summed E-state index contributed by atoms with van der Waals surface area (Å²) in [6.07, 6.45) is -2.05. The average molecular weight is 400 g/mol. The van der Waals surface area contributed by atoms with Crippen LogP contribution in [0.25, 0.3) is 0 Å². The van der Waals surface area contributed by atoms with E-state index >= 15 is 0 Å². The molecule has 8 heteroatoms. The summed E-state index contributed by atoms with van der Waals surface area (Å²) in [5.41, 5.74) is 1.43. The molecule has 2 amide bonds. The highest BCUT2D eigenvalue weighted by Crippen LogP contribution is 2.44. The predicted octanol–water partition coefficient (Wildman–Crippen LogP) is 4.70. The second-order valence-electron chi connectivity index (χ2n) is 7.39. The van der Waals surface area contributed by atoms with Crippen LogP contribution in [-0.4, -0.2) is 32.0 Å². The fourth-order valence-corrected chi connectivity index (χ4v) is 3.08. The lowest BCUT2D eigenvalue weighted by Gasteiger charge is -2.29. The maximum Gasteiger partial charge on any atom is 0.412 e. The molecule has 0 radical (unpaired) electrons. The maximum absolute atomic E-state index is 12.4. The number of hydrogen-bond donors (Lipinski definition) is 2. The van der Waals surface area contributed by atoms with Crippen molar-refractivity contribution >= 4 is 23.6 Å². The van der Waals surface area contributed by atoms with Crippen molar-refractivity contribution in [1.82, 2.24) is 0 Å². The Labute approximate surface area is 169 Å². The lowest BCUT2D eigenvalue weighted by molar-refractivity contribution is 0.0635. The van der Waals surface area contributed by atoms with Crippen LogP contribution in [0.2, 0.25) is 0 Å². The summed E-state index contributed by atoms with van der Waals surface area (Å²) in [7, 11) is 3.01. The third-order valence-electron chi connectivity index (χ3n) is 4.20. The SMILES string of the molecule is COc1cccc2c1NC(=O)O[C@@H]2c1cccc(OC)c1NC(=O)OC(C)(C)C. The van der Waals surface area contributed by atoms with Gasteiger partial charge in [-0.15, -0.1) is 0 Å². The van der Waals surface area contributed by atoms with Gasteiger partial charge in [0.05, 0.1) is 25.6 Å². The Hall–Kier alpha value is -3.42. The molecule has 0 saturated carbocycles. The van der Waals surface area contributed by atoms with Crippen LogP contribution in [0, 0.1) is 0 Å². The van der Waals surface area contributed by atoms with Gasteiger partial charge in [-0.05, 0) is 32.9 Å². The molecule has 154 valence electrons. The Bertz CT molecular complexity index is 935. The van der Waals surface area contributed by atoms with E-state index in [0.29, 0.717) is 34.0 Å². The molecular formula is C21H24N2O6. The van der Waals surface area contributed by atoms with E-state index in [-0.39, 0.29) is 0 Å². The first kappa shape index (κ1) is 20.3. The number of carbonyl (C=O) groups excluding carboxylic acids is 2. The van der Waals surface area contributed by atoms with Crippen molar-refractivity contribution < 1.29 is 28.5 Å². The number of amides is 2. The summed E-state index contributed by atoms with van der Waals surface area (Å²) < 4.78 is 21.7. The second kappa shape index (κ2) is 7.90. The summed E-state index contributed by atoms with van der Waals surface area (Å²) in [6.45, 7) is 5.31. The molecule has 1 atom stereocenters. The van der Waals surface area contributed by atoms with E-state index in [1.807, 2.05) is 6.07 Å². The van der Waals surface area contributed by atoms with E-state index in [1.165, 1.54) is 14.2 Å². The van der Waals surface area contributed by atoms with Crippen molar-refractivity contribution in [3.8, 4) is 11.5 Å². The Kier molecular flexibility index (Phi) is 5.54. The zero-order chi connectivity index (χ0) is 21.2. The summed E-state index contributed by atoms with van der Waals surface area (Å²) in [5.74, 6) is 0.918. The fraction of sp³-hybridized carbons (Fsp3) is 0.333. The molecule has 0 unspecified atom stereocenters. The quantitative estimate of drug-likeness (QED) is 0.772. The molecule has 3 rings (SSSR count). The molecule has 8 nitrogen and oxygen atoms in total. The van der Waals surface area contributed by atoms with Gasteiger partial charge in [0.25, 0.3) is 0 Å². The maximum atomic E-state index is 12.4. The van der Waals surface area contributed by atoms with Gasteiger partial charge in [0.1, 0.15) is 17.1 Å². The Morgan fingerprint density at radius 1 is 1.03 bits per heavy atom. The normalized spacial score (nSPS) is 15.5. The van der Waals surface area contributed by atoms with E-state index in [1.54, 1.807) is 51.1 Å². The number of rotatable bonds is 4. The van der Waals surface area contributed by atoms with Gasteiger partial charge in [-0.3, -0.25) is 10.6 Å². The third kappa shape index (κ3) is 4.37. The number of methoxy groups -OCH3 is 2. The van der Waals surface area contributed by atoms with Crippen molar-refractivity contribution in [3.05, 3.63) is 47.5 Å². The summed E-state index contributed by atoms with van der Waals surface area (Å²) >= 11 is 0. The van der Waals surface area contributed by atoms with E-state index in [9.17, 15) is 9.59 Å². The molecule has 0 bridgehead atoms. The molecule has 2 N–H and O–H groups in total. The van der Waals surface area contributed by atoms with Crippen molar-refractivity contribution in [2.24, 2.45) is 0 Å². The summed E-state index contributed by atoms with van der Waals surface area (Å²) in [6, 6.07) is 10.6. The van der Waals surface area contributed by atoms with Crippen LogP contribution < -0.4 is 20.1 Å². The Balaban J connectivity index is 2.08. The number of carbonyl (C=O) groups is 2. The minimum atomic E-state index is -0.783. The van der Waals surface area contributed by atoms with Gasteiger partial charge >= 0.3 is 12.2 Å². The van der Waals surface area contributed by atoms with Crippen molar-refractivity contribution in [2.45, 2.75) is 32.5 Å². The highest BCUT2D eigenvalue weighted by atomic mass is 16.6. The first-order valence-electron chi connectivity index (χ1n) is 9.05. The monoisotopic (exact) mass is 400 g/mol. The number of fused-ring (bicyclic) bond motifs is 1. The minimum absolute atomic E-state index is 0.359. The van der Waals surface area contributed by atoms with Gasteiger partial charge in [-0.2, -0.15) is 0 Å². The molecule has 0 saturated heterocycles. The zero-order valence-corrected chi connectivity index (χ0v) is 17.0. The van der Waals surface area contributed by atoms with Gasteiger partial charge in [0, 0.05) is 11.1 Å². The number of para-hydroxylation sites is 2. The standard InChI is InChI=1S/C21H24N2O6/c1-21(2,3)29-20(25)23-17-13(9-7-11-15(17)27-5)18-12-8-6-10-14(26-4)16(12)22-19(24)28-18/h6-11,18H,1-5H3,(H,22,24)(H,23,25)/t18-/m0/s1. The Morgan fingerprint density at radius 3 is 2.28 bits per heavy atom. The topological polar surface area (TPSA) is 95.1 Å². The van der Waals surface area contributed by atoms with Crippen molar-refractivity contribution in [3.63, 3.8) is 0 Å². The first-order chi connectivity index (χ1) is 13.7. The summed E-state index contributed by atoms with van der Waals surface area (Å²) in [5, 5.41) is 5.40. The van der Waals surface area contributed by atoms with Gasteiger partial charge < -0.3 is 18.9 Å². The number of benzene rings is 2. The van der Waals surface area contributed by atoms with Crippen molar-refractivity contribution in [1.29, 1.82) is 0 Å². The van der Waals surface area contributed by atoms with E-state index in [2.05, 4.69) is 10.6 Å². The lowest BCUT2D eigenvalue weighted by atomic mass is 9.96. The fourth-order valence-electron chi connectivity index (χ4n) is 3.08. The van der Waals surface area contributed by atoms with E-state index in [0.717, 1.165) is 0 Å². The number of ether oxygens (including phenoxy) is 4. The van der Waals surface area contributed by atoms with Crippen LogP contribution in [0.3, 0.4) is 0 Å². The molecule has 0 aromatic heterocycles. The molecule has 2 aromatic carbocycles. The molecule has 0 aliphatic carbocycles. The van der Waals surface area contributed by atoms with Crippen LogP contribution >= 0.6 is 0 Å². The third-order valence-corrected chi connectivity index (χ3v) is 4.20. The van der Waals surface area contributed by atoms with Crippen molar-refractivity contribution in [2.75, 3.05) is 24.9 Å². The van der Waals surface area contributed by atoms with Gasteiger partial charge in [-0.1, -0.05) is 24.3 Å². The summed E-state index contributed by atoms with van der Waals surface area (Å²) in [4.78, 5) is 24.6. The number of hydrogen-bond acceptors (Lipinski definition) is 6. The van der Waals surface area contributed by atoms with Gasteiger partial charge in [0.2, 0.25) is 0 Å². The largest absolute Gasteiger partial charge is 0.495 e. The molecule has 29 heavy (non-hydrogen) atoms. The lowest BCUT2D eigenvalue weighted by Crippen LogP contribution is -2.29. The molecule has 0 fully saturated rings.